The van der Waals surface area contributed by atoms with E-state index in [-0.39, 0.29) is 38.8 Å². The van der Waals surface area contributed by atoms with Crippen LogP contribution in [0.25, 0.3) is 0 Å². The molecule has 0 aromatic carbocycles. The fourth-order valence-electron chi connectivity index (χ4n) is 1.13. The minimum atomic E-state index is -0.463. The van der Waals surface area contributed by atoms with Gasteiger partial charge in [-0.1, -0.05) is 12.5 Å². The smallest absolute Gasteiger partial charge is 0.405 e. The molecule has 1 N–H and O–H groups in total. The van der Waals surface area contributed by atoms with Crippen LogP contribution in [0.15, 0.2) is 0 Å². The van der Waals surface area contributed by atoms with Crippen LogP contribution >= 0.6 is 0 Å². The minimum Gasteiger partial charge on any atom is -0.444 e. The van der Waals surface area contributed by atoms with E-state index >= 15 is 0 Å². The van der Waals surface area contributed by atoms with Crippen LogP contribution in [0.4, 0.5) is 4.79 Å². The number of carbonyl (C=O) groups is 1. The molecule has 0 saturated heterocycles. The van der Waals surface area contributed by atoms with E-state index in [4.69, 9.17) is 12.6 Å². The number of unbranched alkanes of at least 4 members (excludes halogenated alkanes) is 2. The van der Waals surface area contributed by atoms with E-state index in [1.54, 1.807) is 0 Å². The maximum absolute atomic E-state index is 11.4. The van der Waals surface area contributed by atoms with E-state index in [9.17, 15) is 4.79 Å². The number of hydrogen-bond donors (Lipinski definition) is 1. The van der Waals surface area contributed by atoms with Crippen LogP contribution in [0.5, 0.6) is 0 Å². The topological polar surface area (TPSA) is 38.3 Å². The number of amides is 1. The quantitative estimate of drug-likeness (QED) is 0.465. The maximum Gasteiger partial charge on any atom is 0.405 e. The van der Waals surface area contributed by atoms with Crippen molar-refractivity contribution in [3.05, 3.63) is 13.3 Å². The van der Waals surface area contributed by atoms with Crippen molar-refractivity contribution in [3.63, 3.8) is 0 Å². The third-order valence-electron chi connectivity index (χ3n) is 1.81. The number of carbonyl (C=O) groups excluding carboxylic acids is 1. The normalized spacial score (nSPS) is 12.5. The van der Waals surface area contributed by atoms with Gasteiger partial charge in [0.2, 0.25) is 0 Å². The Bertz CT molecular complexity index is 207. The number of alkyl carbamates (subject to hydrolysis) is 1. The standard InChI is InChI=1S/C12H22BNO2.Y/c1-10(8-6-5-7-9-13)14-11(15)16-12(2,3)4;/h5,10H,1,6-9H2,2-4H3,(H,14,15);/q-2;/t10-;/m0./s1. The molecular weight excluding hydrogens is 290 g/mol. The Morgan fingerprint density at radius 3 is 2.53 bits per heavy atom. The molecule has 0 bridgehead atoms. The van der Waals surface area contributed by atoms with Crippen LogP contribution in [0.1, 0.15) is 40.0 Å². The summed E-state index contributed by atoms with van der Waals surface area (Å²) in [6.07, 6.45) is 4.97. The van der Waals surface area contributed by atoms with E-state index in [1.807, 2.05) is 20.8 Å². The third kappa shape index (κ3) is 14.4. The van der Waals surface area contributed by atoms with Crippen molar-refractivity contribution in [2.45, 2.75) is 58.0 Å². The van der Waals surface area contributed by atoms with Gasteiger partial charge in [0, 0.05) is 32.7 Å². The largest absolute Gasteiger partial charge is 0.444 e. The Hall–Kier alpha value is 0.439. The van der Waals surface area contributed by atoms with Crippen LogP contribution in [0, 0.1) is 13.3 Å². The first-order valence-electron chi connectivity index (χ1n) is 5.69. The van der Waals surface area contributed by atoms with Crippen molar-refractivity contribution in [2.75, 3.05) is 0 Å². The molecule has 0 heterocycles. The molecule has 3 nitrogen and oxygen atoms in total. The van der Waals surface area contributed by atoms with E-state index < -0.39 is 11.7 Å². The van der Waals surface area contributed by atoms with Crippen LogP contribution in [-0.2, 0) is 37.4 Å². The van der Waals surface area contributed by atoms with E-state index in [0.717, 1.165) is 19.3 Å². The van der Waals surface area contributed by atoms with Gasteiger partial charge in [0.25, 0.3) is 0 Å². The Morgan fingerprint density at radius 1 is 1.47 bits per heavy atom. The first kappa shape index (κ1) is 19.8. The summed E-state index contributed by atoms with van der Waals surface area (Å²) in [6.45, 7) is 9.34. The second-order valence-corrected chi connectivity index (χ2v) is 4.79. The fourth-order valence-corrected chi connectivity index (χ4v) is 1.13. The molecule has 0 aliphatic heterocycles. The number of nitrogens with one attached hydrogen (secondary N) is 1. The van der Waals surface area contributed by atoms with Crippen molar-refractivity contribution < 1.29 is 42.2 Å². The van der Waals surface area contributed by atoms with Gasteiger partial charge in [-0.05, 0) is 20.8 Å². The van der Waals surface area contributed by atoms with Gasteiger partial charge in [0.1, 0.15) is 5.60 Å². The van der Waals surface area contributed by atoms with Gasteiger partial charge in [-0.3, -0.25) is 0 Å². The molecule has 0 aliphatic rings. The molecule has 0 spiro atoms. The summed E-state index contributed by atoms with van der Waals surface area (Å²) < 4.78 is 5.12. The minimum absolute atomic E-state index is 0. The summed E-state index contributed by atoms with van der Waals surface area (Å²) in [6, 6.07) is -0.121. The SMILES string of the molecule is [B]CC[CH-]CC[C@H]([CH2-])NC(=O)OC(C)(C)C.[Y]. The molecule has 0 aliphatic carbocycles. The van der Waals surface area contributed by atoms with Crippen LogP contribution in [0.2, 0.25) is 6.32 Å². The molecule has 0 aromatic heterocycles. The van der Waals surface area contributed by atoms with Crippen LogP contribution < -0.4 is 5.32 Å². The predicted octanol–water partition coefficient (Wildman–Crippen LogP) is 2.67. The molecule has 0 aromatic rings. The Kier molecular flexibility index (Phi) is 12.1. The third-order valence-corrected chi connectivity index (χ3v) is 1.81. The van der Waals surface area contributed by atoms with Gasteiger partial charge < -0.3 is 23.4 Å². The van der Waals surface area contributed by atoms with Crippen molar-refractivity contribution >= 4 is 13.9 Å². The molecule has 0 saturated carbocycles. The average Bonchev–Trinajstić information content (AvgIpc) is 2.09. The van der Waals surface area contributed by atoms with Crippen molar-refractivity contribution in [3.8, 4) is 0 Å². The van der Waals surface area contributed by atoms with E-state index in [1.165, 1.54) is 0 Å². The zero-order valence-corrected chi connectivity index (χ0v) is 14.0. The van der Waals surface area contributed by atoms with Gasteiger partial charge >= 0.3 is 6.09 Å². The first-order chi connectivity index (χ1) is 7.35. The van der Waals surface area contributed by atoms with Gasteiger partial charge in [-0.15, -0.1) is 6.32 Å². The second kappa shape index (κ2) is 10.4. The number of hydrogen-bond acceptors (Lipinski definition) is 2. The molecule has 1 atom stereocenters. The van der Waals surface area contributed by atoms with E-state index in [2.05, 4.69) is 18.7 Å². The summed E-state index contributed by atoms with van der Waals surface area (Å²) >= 11 is 0. The summed E-state index contributed by atoms with van der Waals surface area (Å²) in [5, 5.41) is 2.69. The zero-order valence-electron chi connectivity index (χ0n) is 11.2. The molecule has 17 heavy (non-hydrogen) atoms. The first-order valence-corrected chi connectivity index (χ1v) is 5.69. The van der Waals surface area contributed by atoms with Crippen molar-refractivity contribution in [1.82, 2.24) is 5.32 Å². The Labute approximate surface area is 132 Å². The molecule has 5 heteroatoms. The maximum atomic E-state index is 11.4. The summed E-state index contributed by atoms with van der Waals surface area (Å²) in [5.74, 6) is 0. The van der Waals surface area contributed by atoms with Gasteiger partial charge in [-0.2, -0.15) is 12.8 Å². The molecule has 3 radical (unpaired) electrons. The molecule has 0 fully saturated rings. The monoisotopic (exact) mass is 312 g/mol. The van der Waals surface area contributed by atoms with Crippen molar-refractivity contribution in [2.24, 2.45) is 0 Å². The predicted molar refractivity (Wildman–Crippen MR) is 67.2 cm³/mol. The van der Waals surface area contributed by atoms with Gasteiger partial charge in [-0.25, -0.2) is 4.79 Å². The molecule has 0 unspecified atom stereocenters. The fraction of sp³-hybridized carbons (Fsp3) is 0.750. The Balaban J connectivity index is 0. The number of ether oxygens (including phenoxy) is 1. The molecule has 1 amide bonds. The Morgan fingerprint density at radius 2 is 2.06 bits per heavy atom. The van der Waals surface area contributed by atoms with Crippen molar-refractivity contribution in [1.29, 1.82) is 0 Å². The van der Waals surface area contributed by atoms with Gasteiger partial charge in [0.15, 0.2) is 0 Å². The summed E-state index contributed by atoms with van der Waals surface area (Å²) in [4.78, 5) is 11.4. The molecule has 95 valence electrons. The van der Waals surface area contributed by atoms with Crippen LogP contribution in [0.3, 0.4) is 0 Å². The molecular formula is C12H22BNO2Y-2. The molecule has 0 rings (SSSR count). The second-order valence-electron chi connectivity index (χ2n) is 4.79. The van der Waals surface area contributed by atoms with Crippen LogP contribution in [-0.4, -0.2) is 25.6 Å². The summed E-state index contributed by atoms with van der Waals surface area (Å²) in [5.41, 5.74) is -0.463. The number of rotatable bonds is 6. The zero-order chi connectivity index (χ0) is 12.6. The van der Waals surface area contributed by atoms with E-state index in [0.29, 0.717) is 6.32 Å². The summed E-state index contributed by atoms with van der Waals surface area (Å²) in [7, 11) is 5.36. The van der Waals surface area contributed by atoms with Gasteiger partial charge in [0.05, 0.1) is 7.85 Å². The average molecular weight is 312 g/mol.